The van der Waals surface area contributed by atoms with Crippen LogP contribution in [0.1, 0.15) is 24.8 Å². The number of halogens is 3. The highest BCUT2D eigenvalue weighted by atomic mass is 35.5. The lowest BCUT2D eigenvalue weighted by Crippen LogP contribution is -2.31. The van der Waals surface area contributed by atoms with Gasteiger partial charge in [-0.1, -0.05) is 17.7 Å². The Hall–Kier alpha value is -0.840. The summed E-state index contributed by atoms with van der Waals surface area (Å²) >= 11 is 5.92. The van der Waals surface area contributed by atoms with Crippen molar-refractivity contribution >= 4 is 29.9 Å². The number of carbonyl (C=O) groups is 1. The van der Waals surface area contributed by atoms with Gasteiger partial charge in [-0.05, 0) is 50.0 Å². The van der Waals surface area contributed by atoms with Crippen molar-refractivity contribution in [2.45, 2.75) is 25.8 Å². The number of amides is 1. The van der Waals surface area contributed by atoms with Gasteiger partial charge in [0.25, 0.3) is 0 Å². The lowest BCUT2D eigenvalue weighted by molar-refractivity contribution is -0.125. The molecular weight excluding hydrogens is 302 g/mol. The minimum atomic E-state index is -0.366. The maximum absolute atomic E-state index is 12.9. The second kappa shape index (κ2) is 8.45. The molecule has 1 fully saturated rings. The van der Waals surface area contributed by atoms with Gasteiger partial charge in [-0.2, -0.15) is 0 Å². The standard InChI is InChI=1S/C14H18ClFN2O.ClH/c15-13-8-12(16)4-3-11(13)9-18-14(19)10-2-1-6-17-7-5-10;/h3-4,8,10,17H,1-2,5-7,9H2,(H,18,19);1H. The molecule has 1 aromatic rings. The summed E-state index contributed by atoms with van der Waals surface area (Å²) in [6.07, 6.45) is 2.80. The highest BCUT2D eigenvalue weighted by Gasteiger charge is 2.19. The van der Waals surface area contributed by atoms with Crippen LogP contribution in [0.2, 0.25) is 5.02 Å². The van der Waals surface area contributed by atoms with Crippen LogP contribution in [0.25, 0.3) is 0 Å². The molecule has 3 nitrogen and oxygen atoms in total. The van der Waals surface area contributed by atoms with Gasteiger partial charge in [0, 0.05) is 17.5 Å². The smallest absolute Gasteiger partial charge is 0.223 e. The first kappa shape index (κ1) is 17.2. The van der Waals surface area contributed by atoms with E-state index in [0.717, 1.165) is 37.9 Å². The summed E-state index contributed by atoms with van der Waals surface area (Å²) in [5.74, 6) is -0.242. The molecule has 1 atom stereocenters. The molecule has 0 aromatic heterocycles. The van der Waals surface area contributed by atoms with Gasteiger partial charge in [-0.15, -0.1) is 12.4 Å². The highest BCUT2D eigenvalue weighted by molar-refractivity contribution is 6.31. The first-order valence-corrected chi connectivity index (χ1v) is 6.97. The Morgan fingerprint density at radius 1 is 1.40 bits per heavy atom. The zero-order valence-electron chi connectivity index (χ0n) is 11.1. The Bertz CT molecular complexity index is 449. The minimum Gasteiger partial charge on any atom is -0.352 e. The molecule has 1 aromatic carbocycles. The zero-order valence-corrected chi connectivity index (χ0v) is 12.7. The van der Waals surface area contributed by atoms with E-state index in [0.29, 0.717) is 11.6 Å². The van der Waals surface area contributed by atoms with Crippen molar-refractivity contribution in [3.05, 3.63) is 34.6 Å². The van der Waals surface area contributed by atoms with Crippen LogP contribution in [-0.2, 0) is 11.3 Å². The van der Waals surface area contributed by atoms with Crippen molar-refractivity contribution in [2.75, 3.05) is 13.1 Å². The SMILES string of the molecule is Cl.O=C(NCc1ccc(F)cc1Cl)C1CCCNCC1. The predicted molar refractivity (Wildman–Crippen MR) is 80.7 cm³/mol. The number of benzene rings is 1. The molecule has 1 saturated heterocycles. The molecule has 1 aliphatic rings. The Labute approximate surface area is 129 Å². The van der Waals surface area contributed by atoms with E-state index in [1.165, 1.54) is 12.1 Å². The van der Waals surface area contributed by atoms with E-state index in [-0.39, 0.29) is 30.0 Å². The fourth-order valence-electron chi connectivity index (χ4n) is 2.27. The topological polar surface area (TPSA) is 41.1 Å². The fourth-order valence-corrected chi connectivity index (χ4v) is 2.51. The Morgan fingerprint density at radius 3 is 2.95 bits per heavy atom. The van der Waals surface area contributed by atoms with Crippen LogP contribution in [0.4, 0.5) is 4.39 Å². The first-order valence-electron chi connectivity index (χ1n) is 6.59. The predicted octanol–water partition coefficient (Wildman–Crippen LogP) is 2.91. The second-order valence-corrected chi connectivity index (χ2v) is 5.24. The van der Waals surface area contributed by atoms with Crippen molar-refractivity contribution in [2.24, 2.45) is 5.92 Å². The zero-order chi connectivity index (χ0) is 13.7. The molecule has 0 spiro atoms. The van der Waals surface area contributed by atoms with Crippen molar-refractivity contribution in [1.29, 1.82) is 0 Å². The van der Waals surface area contributed by atoms with E-state index in [9.17, 15) is 9.18 Å². The summed E-state index contributed by atoms with van der Waals surface area (Å²) in [6.45, 7) is 2.21. The quantitative estimate of drug-likeness (QED) is 0.899. The van der Waals surface area contributed by atoms with Crippen LogP contribution in [0.5, 0.6) is 0 Å². The Kier molecular flexibility index (Phi) is 7.27. The van der Waals surface area contributed by atoms with Crippen LogP contribution in [0, 0.1) is 11.7 Å². The van der Waals surface area contributed by atoms with Crippen LogP contribution in [0.15, 0.2) is 18.2 Å². The Balaban J connectivity index is 0.00000200. The van der Waals surface area contributed by atoms with E-state index >= 15 is 0 Å². The number of hydrogen-bond acceptors (Lipinski definition) is 2. The molecule has 1 unspecified atom stereocenters. The summed E-state index contributed by atoms with van der Waals surface area (Å²) in [4.78, 5) is 12.0. The van der Waals surface area contributed by atoms with Crippen molar-refractivity contribution in [3.63, 3.8) is 0 Å². The van der Waals surface area contributed by atoms with E-state index in [4.69, 9.17) is 11.6 Å². The van der Waals surface area contributed by atoms with Gasteiger partial charge >= 0.3 is 0 Å². The van der Waals surface area contributed by atoms with Gasteiger partial charge in [0.1, 0.15) is 5.82 Å². The molecule has 1 heterocycles. The van der Waals surface area contributed by atoms with Crippen molar-refractivity contribution < 1.29 is 9.18 Å². The molecule has 112 valence electrons. The molecule has 0 aliphatic carbocycles. The van der Waals surface area contributed by atoms with E-state index in [1.807, 2.05) is 0 Å². The molecule has 1 aliphatic heterocycles. The molecular formula is C14H19Cl2FN2O. The molecule has 0 radical (unpaired) electrons. The summed E-state index contributed by atoms with van der Waals surface area (Å²) < 4.78 is 12.9. The first-order chi connectivity index (χ1) is 9.16. The summed E-state index contributed by atoms with van der Waals surface area (Å²) in [5.41, 5.74) is 0.739. The van der Waals surface area contributed by atoms with Gasteiger partial charge in [-0.25, -0.2) is 4.39 Å². The molecule has 1 amide bonds. The summed E-state index contributed by atoms with van der Waals surface area (Å²) in [5, 5.41) is 6.51. The van der Waals surface area contributed by atoms with E-state index < -0.39 is 0 Å². The summed E-state index contributed by atoms with van der Waals surface area (Å²) in [6, 6.07) is 4.22. The van der Waals surface area contributed by atoms with E-state index in [2.05, 4.69) is 10.6 Å². The monoisotopic (exact) mass is 320 g/mol. The van der Waals surface area contributed by atoms with Gasteiger partial charge in [-0.3, -0.25) is 4.79 Å². The molecule has 2 rings (SSSR count). The number of carbonyl (C=O) groups excluding carboxylic acids is 1. The average Bonchev–Trinajstić information content (AvgIpc) is 2.66. The summed E-state index contributed by atoms with van der Waals surface area (Å²) in [7, 11) is 0. The van der Waals surface area contributed by atoms with Crippen molar-refractivity contribution in [1.82, 2.24) is 10.6 Å². The lowest BCUT2D eigenvalue weighted by atomic mass is 10.00. The van der Waals surface area contributed by atoms with Crippen molar-refractivity contribution in [3.8, 4) is 0 Å². The van der Waals surface area contributed by atoms with Crippen LogP contribution >= 0.6 is 24.0 Å². The maximum Gasteiger partial charge on any atom is 0.223 e. The number of nitrogens with one attached hydrogen (secondary N) is 2. The van der Waals surface area contributed by atoms with Gasteiger partial charge < -0.3 is 10.6 Å². The van der Waals surface area contributed by atoms with Crippen LogP contribution in [0.3, 0.4) is 0 Å². The lowest BCUT2D eigenvalue weighted by Gasteiger charge is -2.14. The average molecular weight is 321 g/mol. The second-order valence-electron chi connectivity index (χ2n) is 4.83. The van der Waals surface area contributed by atoms with Gasteiger partial charge in [0.2, 0.25) is 5.91 Å². The molecule has 0 bridgehead atoms. The molecule has 20 heavy (non-hydrogen) atoms. The molecule has 2 N–H and O–H groups in total. The molecule has 6 heteroatoms. The largest absolute Gasteiger partial charge is 0.352 e. The van der Waals surface area contributed by atoms with Gasteiger partial charge in [0.05, 0.1) is 0 Å². The van der Waals surface area contributed by atoms with Gasteiger partial charge in [0.15, 0.2) is 0 Å². The third-order valence-corrected chi connectivity index (χ3v) is 3.77. The number of hydrogen-bond donors (Lipinski definition) is 2. The molecule has 0 saturated carbocycles. The van der Waals surface area contributed by atoms with Crippen LogP contribution in [-0.4, -0.2) is 19.0 Å². The third kappa shape index (κ3) is 4.93. The maximum atomic E-state index is 12.9. The minimum absolute atomic E-state index is 0. The normalized spacial score (nSPS) is 18.8. The van der Waals surface area contributed by atoms with E-state index in [1.54, 1.807) is 6.07 Å². The third-order valence-electron chi connectivity index (χ3n) is 3.41. The fraction of sp³-hybridized carbons (Fsp3) is 0.500. The Morgan fingerprint density at radius 2 is 2.20 bits per heavy atom. The number of rotatable bonds is 3. The van der Waals surface area contributed by atoms with Crippen LogP contribution < -0.4 is 10.6 Å². The highest BCUT2D eigenvalue weighted by Crippen LogP contribution is 2.18.